The SMILES string of the molecule is [CH2-]C(C)=CCN(CCCCCCC)CCCCCCC.[Li+]. The number of hydrogen-bond acceptors (Lipinski definition) is 1. The van der Waals surface area contributed by atoms with E-state index in [1.54, 1.807) is 0 Å². The zero-order chi connectivity index (χ0) is 15.1. The average Bonchev–Trinajstić information content (AvgIpc) is 2.43. The fourth-order valence-electron chi connectivity index (χ4n) is 2.46. The van der Waals surface area contributed by atoms with Crippen molar-refractivity contribution < 1.29 is 18.9 Å². The summed E-state index contributed by atoms with van der Waals surface area (Å²) in [6, 6.07) is 0. The third-order valence-corrected chi connectivity index (χ3v) is 3.85. The predicted molar refractivity (Wildman–Crippen MR) is 93.1 cm³/mol. The molecule has 0 amide bonds. The topological polar surface area (TPSA) is 3.24 Å². The summed E-state index contributed by atoms with van der Waals surface area (Å²) in [6.07, 6.45) is 16.1. The van der Waals surface area contributed by atoms with Gasteiger partial charge in [0.2, 0.25) is 0 Å². The predicted octanol–water partition coefficient (Wildman–Crippen LogP) is 3.01. The maximum Gasteiger partial charge on any atom is 1.00 e. The van der Waals surface area contributed by atoms with Crippen molar-refractivity contribution in [1.82, 2.24) is 4.90 Å². The molecule has 0 unspecified atom stereocenters. The summed E-state index contributed by atoms with van der Waals surface area (Å²) in [5.41, 5.74) is 1.20. The summed E-state index contributed by atoms with van der Waals surface area (Å²) in [7, 11) is 0. The van der Waals surface area contributed by atoms with E-state index in [-0.39, 0.29) is 18.9 Å². The molecule has 0 saturated heterocycles. The molecule has 0 saturated carbocycles. The summed E-state index contributed by atoms with van der Waals surface area (Å²) in [4.78, 5) is 2.62. The zero-order valence-corrected chi connectivity index (χ0v) is 15.4. The van der Waals surface area contributed by atoms with Crippen LogP contribution in [-0.2, 0) is 0 Å². The molecule has 0 aliphatic carbocycles. The van der Waals surface area contributed by atoms with E-state index in [9.17, 15) is 0 Å². The monoisotopic (exact) mass is 287 g/mol. The molecule has 0 atom stereocenters. The Hall–Kier alpha value is 0.167. The largest absolute Gasteiger partial charge is 1.00 e. The molecular weight excluding hydrogens is 249 g/mol. The molecule has 0 rings (SSSR count). The van der Waals surface area contributed by atoms with E-state index in [2.05, 4.69) is 38.7 Å². The fraction of sp³-hybridized carbons (Fsp3) is 0.842. The van der Waals surface area contributed by atoms with Crippen molar-refractivity contribution >= 4 is 0 Å². The minimum atomic E-state index is 0. The molecule has 0 bridgehead atoms. The molecule has 0 fully saturated rings. The molecule has 0 aliphatic rings. The van der Waals surface area contributed by atoms with Crippen LogP contribution < -0.4 is 18.9 Å². The molecule has 0 aromatic rings. The Morgan fingerprint density at radius 2 is 1.24 bits per heavy atom. The second-order valence-corrected chi connectivity index (χ2v) is 6.18. The molecule has 0 aliphatic heterocycles. The summed E-state index contributed by atoms with van der Waals surface area (Å²) in [5.74, 6) is 0. The first-order valence-corrected chi connectivity index (χ1v) is 8.91. The first kappa shape index (κ1) is 23.4. The average molecular weight is 287 g/mol. The van der Waals surface area contributed by atoms with Crippen LogP contribution in [0.1, 0.15) is 85.0 Å². The molecule has 2 heteroatoms. The molecule has 0 radical (unpaired) electrons. The van der Waals surface area contributed by atoms with Crippen molar-refractivity contribution in [3.8, 4) is 0 Å². The molecule has 0 heterocycles. The van der Waals surface area contributed by atoms with Gasteiger partial charge in [0.05, 0.1) is 0 Å². The molecule has 1 nitrogen and oxygen atoms in total. The molecular formula is C19H38LiN. The maximum absolute atomic E-state index is 3.99. The maximum atomic E-state index is 3.99. The standard InChI is InChI=1S/C19H38N.Li/c1-5-7-9-11-13-16-20(18-15-19(3)4)17-14-12-10-8-6-2;/h15H,3,5-14,16-18H2,1-2,4H3;/q-1;+1. The normalized spacial score (nSPS) is 11.7. The Morgan fingerprint density at radius 3 is 1.62 bits per heavy atom. The Balaban J connectivity index is 0. The number of hydrogen-bond donors (Lipinski definition) is 0. The second-order valence-electron chi connectivity index (χ2n) is 6.18. The van der Waals surface area contributed by atoms with Crippen molar-refractivity contribution in [3.05, 3.63) is 18.6 Å². The zero-order valence-electron chi connectivity index (χ0n) is 15.4. The Morgan fingerprint density at radius 1 is 0.810 bits per heavy atom. The number of rotatable bonds is 14. The van der Waals surface area contributed by atoms with Crippen LogP contribution >= 0.6 is 0 Å². The van der Waals surface area contributed by atoms with Gasteiger partial charge in [-0.25, -0.2) is 18.6 Å². The minimum absolute atomic E-state index is 0. The molecule has 120 valence electrons. The first-order valence-electron chi connectivity index (χ1n) is 8.91. The smallest absolute Gasteiger partial charge is 0.316 e. The van der Waals surface area contributed by atoms with Gasteiger partial charge in [0.1, 0.15) is 0 Å². The van der Waals surface area contributed by atoms with Gasteiger partial charge in [-0.15, -0.1) is 0 Å². The van der Waals surface area contributed by atoms with Gasteiger partial charge in [-0.2, -0.15) is 0 Å². The summed E-state index contributed by atoms with van der Waals surface area (Å²) >= 11 is 0. The number of unbranched alkanes of at least 4 members (excludes halogenated alkanes) is 8. The minimum Gasteiger partial charge on any atom is -0.316 e. The van der Waals surface area contributed by atoms with Gasteiger partial charge in [-0.05, 0) is 32.5 Å². The Kier molecular flexibility index (Phi) is 20.3. The van der Waals surface area contributed by atoms with Gasteiger partial charge in [-0.3, -0.25) is 0 Å². The quantitative estimate of drug-likeness (QED) is 0.270. The van der Waals surface area contributed by atoms with Gasteiger partial charge in [0.15, 0.2) is 0 Å². The van der Waals surface area contributed by atoms with Gasteiger partial charge in [-0.1, -0.05) is 72.1 Å². The van der Waals surface area contributed by atoms with E-state index in [1.807, 2.05) is 0 Å². The summed E-state index contributed by atoms with van der Waals surface area (Å²) in [6.45, 7) is 14.3. The first-order chi connectivity index (χ1) is 9.70. The van der Waals surface area contributed by atoms with Crippen molar-refractivity contribution in [2.45, 2.75) is 85.0 Å². The molecule has 0 N–H and O–H groups in total. The summed E-state index contributed by atoms with van der Waals surface area (Å²) in [5, 5.41) is 0. The third-order valence-electron chi connectivity index (χ3n) is 3.85. The van der Waals surface area contributed by atoms with Crippen molar-refractivity contribution in [2.75, 3.05) is 19.6 Å². The fourth-order valence-corrected chi connectivity index (χ4v) is 2.46. The van der Waals surface area contributed by atoms with Crippen LogP contribution in [0.3, 0.4) is 0 Å². The molecule has 0 aromatic heterocycles. The molecule has 0 spiro atoms. The van der Waals surface area contributed by atoms with Crippen molar-refractivity contribution in [1.29, 1.82) is 0 Å². The van der Waals surface area contributed by atoms with E-state index in [0.29, 0.717) is 0 Å². The molecule has 0 aromatic carbocycles. The van der Waals surface area contributed by atoms with Crippen LogP contribution in [0.15, 0.2) is 11.6 Å². The van der Waals surface area contributed by atoms with Gasteiger partial charge >= 0.3 is 18.9 Å². The van der Waals surface area contributed by atoms with E-state index >= 15 is 0 Å². The van der Waals surface area contributed by atoms with Gasteiger partial charge < -0.3 is 4.90 Å². The van der Waals surface area contributed by atoms with Gasteiger partial charge in [0.25, 0.3) is 0 Å². The van der Waals surface area contributed by atoms with E-state index in [1.165, 1.54) is 82.9 Å². The van der Waals surface area contributed by atoms with Crippen LogP contribution in [0.4, 0.5) is 0 Å². The van der Waals surface area contributed by atoms with E-state index in [0.717, 1.165) is 6.54 Å². The number of allylic oxidation sites excluding steroid dienone is 1. The van der Waals surface area contributed by atoms with Gasteiger partial charge in [0, 0.05) is 0 Å². The van der Waals surface area contributed by atoms with E-state index < -0.39 is 0 Å². The van der Waals surface area contributed by atoms with Crippen LogP contribution in [0, 0.1) is 6.92 Å². The van der Waals surface area contributed by atoms with Crippen LogP contribution in [-0.4, -0.2) is 24.5 Å². The van der Waals surface area contributed by atoms with E-state index in [4.69, 9.17) is 0 Å². The third kappa shape index (κ3) is 18.1. The van der Waals surface area contributed by atoms with Crippen LogP contribution in [0.2, 0.25) is 0 Å². The summed E-state index contributed by atoms with van der Waals surface area (Å²) < 4.78 is 0. The van der Waals surface area contributed by atoms with Crippen molar-refractivity contribution in [2.24, 2.45) is 0 Å². The molecule has 21 heavy (non-hydrogen) atoms. The number of nitrogens with zero attached hydrogens (tertiary/aromatic N) is 1. The van der Waals surface area contributed by atoms with Crippen LogP contribution in [0.5, 0.6) is 0 Å². The van der Waals surface area contributed by atoms with Crippen LogP contribution in [0.25, 0.3) is 0 Å². The Labute approximate surface area is 147 Å². The second kappa shape index (κ2) is 18.2. The van der Waals surface area contributed by atoms with Crippen molar-refractivity contribution in [3.63, 3.8) is 0 Å². The Bertz CT molecular complexity index is 208.